The maximum Gasteiger partial charge on any atom is 0.163 e. The van der Waals surface area contributed by atoms with Crippen molar-refractivity contribution in [1.82, 2.24) is 4.98 Å². The van der Waals surface area contributed by atoms with Gasteiger partial charge in [0.15, 0.2) is 5.57 Å². The molecule has 0 aliphatic rings. The van der Waals surface area contributed by atoms with Crippen LogP contribution >= 0.6 is 11.3 Å². The fourth-order valence-electron chi connectivity index (χ4n) is 2.35. The number of fused-ring (bicyclic) bond motifs is 1. The van der Waals surface area contributed by atoms with Gasteiger partial charge in [-0.15, -0.1) is 11.3 Å². The lowest BCUT2D eigenvalue weighted by molar-refractivity contribution is 1.34. The first-order valence-corrected chi connectivity index (χ1v) is 8.16. The lowest BCUT2D eigenvalue weighted by Crippen LogP contribution is -2.02. The molecule has 0 saturated heterocycles. The van der Waals surface area contributed by atoms with Gasteiger partial charge >= 0.3 is 0 Å². The summed E-state index contributed by atoms with van der Waals surface area (Å²) in [6, 6.07) is 18.9. The van der Waals surface area contributed by atoms with Gasteiger partial charge < -0.3 is 5.32 Å². The standard InChI is InChI=1S/C19H11N5S/c1-12-8-13(19-24-16-4-2-3-5-18(16)25-19)6-7-15(12)23-17(11-22)14(9-20)10-21/h2-8,23H,1H3. The molecule has 0 atom stereocenters. The van der Waals surface area contributed by atoms with Crippen molar-refractivity contribution < 1.29 is 0 Å². The molecule has 0 unspecified atom stereocenters. The molecule has 0 fully saturated rings. The molecule has 2 aromatic carbocycles. The van der Waals surface area contributed by atoms with Gasteiger partial charge in [-0.25, -0.2) is 4.98 Å². The van der Waals surface area contributed by atoms with Crippen molar-refractivity contribution in [2.24, 2.45) is 0 Å². The minimum Gasteiger partial charge on any atom is -0.345 e. The third-order valence-corrected chi connectivity index (χ3v) is 4.70. The van der Waals surface area contributed by atoms with Crippen LogP contribution in [-0.4, -0.2) is 4.98 Å². The van der Waals surface area contributed by atoms with E-state index in [1.807, 2.05) is 55.5 Å². The van der Waals surface area contributed by atoms with Crippen LogP contribution in [0.1, 0.15) is 5.56 Å². The summed E-state index contributed by atoms with van der Waals surface area (Å²) in [4.78, 5) is 4.64. The normalized spacial score (nSPS) is 9.68. The van der Waals surface area contributed by atoms with E-state index in [9.17, 15) is 0 Å². The molecule has 1 aromatic heterocycles. The quantitative estimate of drug-likeness (QED) is 0.707. The zero-order chi connectivity index (χ0) is 17.8. The summed E-state index contributed by atoms with van der Waals surface area (Å²) in [6.07, 6.45) is 0. The Morgan fingerprint density at radius 2 is 1.80 bits per heavy atom. The van der Waals surface area contributed by atoms with Gasteiger partial charge in [0.2, 0.25) is 0 Å². The van der Waals surface area contributed by atoms with Crippen LogP contribution in [0, 0.1) is 40.9 Å². The average molecular weight is 341 g/mol. The molecule has 0 bridgehead atoms. The number of para-hydroxylation sites is 1. The van der Waals surface area contributed by atoms with Gasteiger partial charge in [-0.3, -0.25) is 0 Å². The molecule has 0 spiro atoms. The van der Waals surface area contributed by atoms with E-state index in [2.05, 4.69) is 10.3 Å². The van der Waals surface area contributed by atoms with E-state index < -0.39 is 0 Å². The predicted octanol–water partition coefficient (Wildman–Crippen LogP) is 4.51. The zero-order valence-electron chi connectivity index (χ0n) is 13.2. The maximum absolute atomic E-state index is 9.14. The Morgan fingerprint density at radius 3 is 2.44 bits per heavy atom. The van der Waals surface area contributed by atoms with Crippen molar-refractivity contribution in [3.63, 3.8) is 0 Å². The van der Waals surface area contributed by atoms with Gasteiger partial charge in [-0.1, -0.05) is 12.1 Å². The van der Waals surface area contributed by atoms with Crippen molar-refractivity contribution in [2.75, 3.05) is 5.32 Å². The smallest absolute Gasteiger partial charge is 0.163 e. The number of rotatable bonds is 3. The van der Waals surface area contributed by atoms with Crippen LogP contribution in [0.4, 0.5) is 5.69 Å². The van der Waals surface area contributed by atoms with Gasteiger partial charge in [0.1, 0.15) is 28.9 Å². The average Bonchev–Trinajstić information content (AvgIpc) is 3.07. The summed E-state index contributed by atoms with van der Waals surface area (Å²) < 4.78 is 1.12. The van der Waals surface area contributed by atoms with Crippen molar-refractivity contribution >= 4 is 27.2 Å². The molecule has 3 rings (SSSR count). The molecule has 3 aromatic rings. The Morgan fingerprint density at radius 1 is 1.04 bits per heavy atom. The largest absolute Gasteiger partial charge is 0.345 e. The van der Waals surface area contributed by atoms with Gasteiger partial charge in [0.05, 0.1) is 10.2 Å². The van der Waals surface area contributed by atoms with Gasteiger partial charge in [0.25, 0.3) is 0 Å². The fraction of sp³-hybridized carbons (Fsp3) is 0.0526. The molecule has 1 N–H and O–H groups in total. The van der Waals surface area contributed by atoms with E-state index in [4.69, 9.17) is 15.8 Å². The first-order chi connectivity index (χ1) is 12.2. The highest BCUT2D eigenvalue weighted by atomic mass is 32.1. The van der Waals surface area contributed by atoms with Crippen LogP contribution in [-0.2, 0) is 0 Å². The second-order valence-corrected chi connectivity index (χ2v) is 6.26. The van der Waals surface area contributed by atoms with Gasteiger partial charge in [-0.2, -0.15) is 15.8 Å². The summed E-state index contributed by atoms with van der Waals surface area (Å²) in [6.45, 7) is 1.90. The van der Waals surface area contributed by atoms with Gasteiger partial charge in [0, 0.05) is 11.3 Å². The van der Waals surface area contributed by atoms with Crippen molar-refractivity contribution in [2.45, 2.75) is 6.92 Å². The molecule has 0 amide bonds. The Labute approximate surface area is 148 Å². The summed E-state index contributed by atoms with van der Waals surface area (Å²) in [7, 11) is 0. The molecule has 5 nitrogen and oxygen atoms in total. The van der Waals surface area contributed by atoms with E-state index >= 15 is 0 Å². The summed E-state index contributed by atoms with van der Waals surface area (Å²) in [5.74, 6) is 0. The van der Waals surface area contributed by atoms with Crippen LogP contribution in [0.5, 0.6) is 0 Å². The molecule has 0 saturated carbocycles. The zero-order valence-corrected chi connectivity index (χ0v) is 14.1. The molecular formula is C19H11N5S. The van der Waals surface area contributed by atoms with E-state index in [0.29, 0.717) is 5.69 Å². The van der Waals surface area contributed by atoms with Crippen LogP contribution in [0.2, 0.25) is 0 Å². The Bertz CT molecular complexity index is 1070. The fourth-order valence-corrected chi connectivity index (χ4v) is 3.31. The highest BCUT2D eigenvalue weighted by molar-refractivity contribution is 7.21. The van der Waals surface area contributed by atoms with E-state index in [1.54, 1.807) is 23.5 Å². The third kappa shape index (κ3) is 3.19. The molecule has 118 valence electrons. The first kappa shape index (κ1) is 16.2. The maximum atomic E-state index is 9.14. The lowest BCUT2D eigenvalue weighted by Gasteiger charge is -2.09. The summed E-state index contributed by atoms with van der Waals surface area (Å²) in [5, 5.41) is 30.7. The minimum atomic E-state index is -0.239. The number of nitrogens with one attached hydrogen (secondary N) is 1. The number of benzene rings is 2. The SMILES string of the molecule is Cc1cc(-c2nc3ccccc3s2)ccc1NC(C#N)=C(C#N)C#N. The minimum absolute atomic E-state index is 0.0548. The van der Waals surface area contributed by atoms with E-state index in [1.165, 1.54) is 0 Å². The van der Waals surface area contributed by atoms with Crippen molar-refractivity contribution in [1.29, 1.82) is 15.8 Å². The highest BCUT2D eigenvalue weighted by Crippen LogP contribution is 2.32. The number of allylic oxidation sites excluding steroid dienone is 2. The summed E-state index contributed by atoms with van der Waals surface area (Å²) >= 11 is 1.62. The van der Waals surface area contributed by atoms with Crippen LogP contribution in [0.15, 0.2) is 53.7 Å². The molecule has 6 heteroatoms. The van der Waals surface area contributed by atoms with Crippen LogP contribution in [0.3, 0.4) is 0 Å². The number of thiazole rings is 1. The van der Waals surface area contributed by atoms with E-state index in [0.717, 1.165) is 26.4 Å². The number of aryl methyl sites for hydroxylation is 1. The molecule has 1 heterocycles. The Balaban J connectivity index is 1.97. The molecule has 0 radical (unpaired) electrons. The monoisotopic (exact) mass is 341 g/mol. The number of nitrogens with zero attached hydrogens (tertiary/aromatic N) is 4. The number of hydrogen-bond donors (Lipinski definition) is 1. The number of aromatic nitrogens is 1. The molecule has 0 aliphatic heterocycles. The summed E-state index contributed by atoms with van der Waals surface area (Å²) in [5.41, 5.74) is 3.21. The number of anilines is 1. The highest BCUT2D eigenvalue weighted by Gasteiger charge is 2.10. The van der Waals surface area contributed by atoms with Crippen LogP contribution < -0.4 is 5.32 Å². The third-order valence-electron chi connectivity index (χ3n) is 3.61. The van der Waals surface area contributed by atoms with E-state index in [-0.39, 0.29) is 11.3 Å². The Hall–Kier alpha value is -3.66. The van der Waals surface area contributed by atoms with Crippen molar-refractivity contribution in [3.05, 3.63) is 59.3 Å². The molecule has 25 heavy (non-hydrogen) atoms. The predicted molar refractivity (Wildman–Crippen MR) is 97.3 cm³/mol. The second-order valence-electron chi connectivity index (χ2n) is 5.23. The van der Waals surface area contributed by atoms with Gasteiger partial charge in [-0.05, 0) is 42.8 Å². The molecule has 0 aliphatic carbocycles. The number of hydrogen-bond acceptors (Lipinski definition) is 6. The van der Waals surface area contributed by atoms with Crippen LogP contribution in [0.25, 0.3) is 20.8 Å². The molecular weight excluding hydrogens is 330 g/mol. The first-order valence-electron chi connectivity index (χ1n) is 7.34. The Kier molecular flexibility index (Phi) is 4.44. The second kappa shape index (κ2) is 6.84. The lowest BCUT2D eigenvalue weighted by atomic mass is 10.1. The topological polar surface area (TPSA) is 96.3 Å². The van der Waals surface area contributed by atoms with Crippen molar-refractivity contribution in [3.8, 4) is 28.8 Å². The number of nitriles is 3.